The Morgan fingerprint density at radius 3 is 2.42 bits per heavy atom. The van der Waals surface area contributed by atoms with Gasteiger partial charge in [0.1, 0.15) is 11.4 Å². The Hall–Kier alpha value is -3.31. The van der Waals surface area contributed by atoms with Crippen molar-refractivity contribution in [2.24, 2.45) is 0 Å². The number of carbonyl (C=O) groups is 3. The van der Waals surface area contributed by atoms with Gasteiger partial charge in [0.15, 0.2) is 10.8 Å². The minimum Gasteiger partial charge on any atom is -0.491 e. The molecule has 190 valence electrons. The van der Waals surface area contributed by atoms with Gasteiger partial charge in [-0.15, -0.1) is 22.7 Å². The lowest BCUT2D eigenvalue weighted by Crippen LogP contribution is -2.37. The molecule has 4 rings (SSSR count). The molecule has 0 spiro atoms. The van der Waals surface area contributed by atoms with Gasteiger partial charge in [-0.05, 0) is 57.9 Å². The summed E-state index contributed by atoms with van der Waals surface area (Å²) in [6.45, 7) is 7.16. The molecule has 1 aliphatic rings. The first-order valence-corrected chi connectivity index (χ1v) is 13.6. The number of aromatic nitrogens is 2. The number of ether oxygens (including phenoxy) is 2. The number of thiazole rings is 2. The summed E-state index contributed by atoms with van der Waals surface area (Å²) < 4.78 is 10.6. The van der Waals surface area contributed by atoms with E-state index in [0.29, 0.717) is 29.5 Å². The standard InChI is InChI=1S/C25H28N4O5S2/c1-4-33-24(32)20-14-36-25(27-20)28-21(30)19-13-35-22(26-19)16-9-11-29(12-10-16)23(31)17-5-7-18(8-6-17)34-15(2)3/h5-8,13-16H,4,9-12H2,1-3H3,(H,27,28,30). The van der Waals surface area contributed by atoms with Crippen molar-refractivity contribution in [1.29, 1.82) is 0 Å². The van der Waals surface area contributed by atoms with Crippen LogP contribution in [0.25, 0.3) is 0 Å². The van der Waals surface area contributed by atoms with Crippen LogP contribution in [0.4, 0.5) is 5.13 Å². The zero-order valence-corrected chi connectivity index (χ0v) is 22.0. The minimum atomic E-state index is -0.521. The highest BCUT2D eigenvalue weighted by molar-refractivity contribution is 7.14. The van der Waals surface area contributed by atoms with Crippen LogP contribution in [0.2, 0.25) is 0 Å². The Morgan fingerprint density at radius 1 is 1.06 bits per heavy atom. The van der Waals surface area contributed by atoms with E-state index < -0.39 is 5.97 Å². The SMILES string of the molecule is CCOC(=O)c1csc(NC(=O)c2csc(C3CCN(C(=O)c4ccc(OC(C)C)cc4)CC3)n2)n1. The smallest absolute Gasteiger partial charge is 0.357 e. The first-order valence-electron chi connectivity index (χ1n) is 11.8. The molecule has 0 bridgehead atoms. The summed E-state index contributed by atoms with van der Waals surface area (Å²) in [5.74, 6) is 0.0530. The van der Waals surface area contributed by atoms with Gasteiger partial charge < -0.3 is 14.4 Å². The predicted octanol–water partition coefficient (Wildman–Crippen LogP) is 4.84. The highest BCUT2D eigenvalue weighted by Gasteiger charge is 2.27. The summed E-state index contributed by atoms with van der Waals surface area (Å²) in [4.78, 5) is 47.8. The molecular weight excluding hydrogens is 500 g/mol. The Labute approximate surface area is 217 Å². The second kappa shape index (κ2) is 11.6. The van der Waals surface area contributed by atoms with Crippen LogP contribution in [-0.2, 0) is 4.74 Å². The Morgan fingerprint density at radius 2 is 1.75 bits per heavy atom. The van der Waals surface area contributed by atoms with Crippen LogP contribution in [0.5, 0.6) is 5.75 Å². The maximum atomic E-state index is 12.9. The maximum Gasteiger partial charge on any atom is 0.357 e. The van der Waals surface area contributed by atoms with E-state index in [0.717, 1.165) is 34.9 Å². The van der Waals surface area contributed by atoms with Crippen molar-refractivity contribution in [3.05, 3.63) is 57.0 Å². The van der Waals surface area contributed by atoms with Crippen LogP contribution in [0, 0.1) is 0 Å². The molecule has 1 saturated heterocycles. The Bertz CT molecular complexity index is 1210. The molecule has 36 heavy (non-hydrogen) atoms. The average molecular weight is 529 g/mol. The molecule has 2 aromatic heterocycles. The summed E-state index contributed by atoms with van der Waals surface area (Å²) in [6, 6.07) is 7.25. The van der Waals surface area contributed by atoms with E-state index in [1.807, 2.05) is 30.9 Å². The number of anilines is 1. The van der Waals surface area contributed by atoms with Crippen LogP contribution in [0.3, 0.4) is 0 Å². The van der Waals surface area contributed by atoms with E-state index in [1.54, 1.807) is 29.8 Å². The number of hydrogen-bond donors (Lipinski definition) is 1. The number of esters is 1. The van der Waals surface area contributed by atoms with Crippen molar-refractivity contribution >= 4 is 45.6 Å². The first kappa shape index (κ1) is 25.8. The average Bonchev–Trinajstić information content (AvgIpc) is 3.54. The third-order valence-electron chi connectivity index (χ3n) is 5.57. The molecule has 9 nitrogen and oxygen atoms in total. The molecule has 0 radical (unpaired) electrons. The lowest BCUT2D eigenvalue weighted by Gasteiger charge is -2.31. The van der Waals surface area contributed by atoms with Gasteiger partial charge in [-0.3, -0.25) is 14.9 Å². The van der Waals surface area contributed by atoms with Gasteiger partial charge in [-0.2, -0.15) is 0 Å². The predicted molar refractivity (Wildman–Crippen MR) is 138 cm³/mol. The third kappa shape index (κ3) is 6.27. The van der Waals surface area contributed by atoms with Gasteiger partial charge in [-0.1, -0.05) is 0 Å². The van der Waals surface area contributed by atoms with Crippen molar-refractivity contribution < 1.29 is 23.9 Å². The minimum absolute atomic E-state index is 0.00869. The van der Waals surface area contributed by atoms with Crippen LogP contribution >= 0.6 is 22.7 Å². The lowest BCUT2D eigenvalue weighted by molar-refractivity contribution is 0.0520. The van der Waals surface area contributed by atoms with E-state index >= 15 is 0 Å². The topological polar surface area (TPSA) is 111 Å². The van der Waals surface area contributed by atoms with Crippen LogP contribution in [0.1, 0.15) is 75.9 Å². The van der Waals surface area contributed by atoms with Gasteiger partial charge in [0, 0.05) is 35.3 Å². The molecule has 2 amide bonds. The molecule has 1 aromatic carbocycles. The largest absolute Gasteiger partial charge is 0.491 e. The molecule has 0 atom stereocenters. The molecular formula is C25H28N4O5S2. The number of carbonyl (C=O) groups excluding carboxylic acids is 3. The van der Waals surface area contributed by atoms with Gasteiger partial charge in [-0.25, -0.2) is 14.8 Å². The number of amides is 2. The highest BCUT2D eigenvalue weighted by atomic mass is 32.1. The summed E-state index contributed by atoms with van der Waals surface area (Å²) in [5.41, 5.74) is 1.12. The molecule has 1 aliphatic heterocycles. The number of piperidine rings is 1. The zero-order chi connectivity index (χ0) is 25.7. The Balaban J connectivity index is 1.30. The van der Waals surface area contributed by atoms with Crippen molar-refractivity contribution in [3.63, 3.8) is 0 Å². The van der Waals surface area contributed by atoms with Gasteiger partial charge in [0.25, 0.3) is 11.8 Å². The number of nitrogens with one attached hydrogen (secondary N) is 1. The lowest BCUT2D eigenvalue weighted by atomic mass is 9.97. The summed E-state index contributed by atoms with van der Waals surface area (Å²) in [5, 5.41) is 7.16. The molecule has 0 unspecified atom stereocenters. The van der Waals surface area contributed by atoms with Crippen molar-refractivity contribution in [1.82, 2.24) is 14.9 Å². The zero-order valence-electron chi connectivity index (χ0n) is 20.4. The molecule has 1 N–H and O–H groups in total. The van der Waals surface area contributed by atoms with Crippen molar-refractivity contribution in [2.75, 3.05) is 25.0 Å². The van der Waals surface area contributed by atoms with E-state index in [2.05, 4.69) is 15.3 Å². The van der Waals surface area contributed by atoms with Crippen LogP contribution < -0.4 is 10.1 Å². The number of likely N-dealkylation sites (tertiary alicyclic amines) is 1. The monoisotopic (exact) mass is 528 g/mol. The van der Waals surface area contributed by atoms with E-state index in [4.69, 9.17) is 9.47 Å². The first-order chi connectivity index (χ1) is 17.3. The normalized spacial score (nSPS) is 14.1. The molecule has 11 heteroatoms. The fourth-order valence-electron chi connectivity index (χ4n) is 3.83. The fourth-order valence-corrected chi connectivity index (χ4v) is 5.48. The number of hydrogen-bond acceptors (Lipinski definition) is 9. The second-order valence-electron chi connectivity index (χ2n) is 8.54. The van der Waals surface area contributed by atoms with Gasteiger partial charge in [0.2, 0.25) is 0 Å². The van der Waals surface area contributed by atoms with E-state index in [-0.39, 0.29) is 36.1 Å². The summed E-state index contributed by atoms with van der Waals surface area (Å²) >= 11 is 2.60. The van der Waals surface area contributed by atoms with Crippen LogP contribution in [0.15, 0.2) is 35.0 Å². The Kier molecular flexibility index (Phi) is 8.32. The van der Waals surface area contributed by atoms with Crippen molar-refractivity contribution in [3.8, 4) is 5.75 Å². The quantitative estimate of drug-likeness (QED) is 0.417. The van der Waals surface area contributed by atoms with E-state index in [9.17, 15) is 14.4 Å². The molecule has 3 heterocycles. The van der Waals surface area contributed by atoms with Gasteiger partial charge >= 0.3 is 5.97 Å². The number of rotatable bonds is 8. The fraction of sp³-hybridized carbons (Fsp3) is 0.400. The summed E-state index contributed by atoms with van der Waals surface area (Å²) in [7, 11) is 0. The molecule has 0 saturated carbocycles. The molecule has 3 aromatic rings. The summed E-state index contributed by atoms with van der Waals surface area (Å²) in [6.07, 6.45) is 1.65. The number of nitrogens with zero attached hydrogens (tertiary/aromatic N) is 3. The van der Waals surface area contributed by atoms with E-state index in [1.165, 1.54) is 11.3 Å². The maximum absolute atomic E-state index is 12.9. The second-order valence-corrected chi connectivity index (χ2v) is 10.3. The molecule has 0 aliphatic carbocycles. The van der Waals surface area contributed by atoms with Crippen LogP contribution in [-0.4, -0.2) is 58.5 Å². The van der Waals surface area contributed by atoms with Gasteiger partial charge in [0.05, 0.1) is 17.7 Å². The third-order valence-corrected chi connectivity index (χ3v) is 7.33. The highest BCUT2D eigenvalue weighted by Crippen LogP contribution is 2.31. The molecule has 1 fully saturated rings. The van der Waals surface area contributed by atoms with Crippen molar-refractivity contribution in [2.45, 2.75) is 45.6 Å². The number of benzene rings is 1.